The lowest BCUT2D eigenvalue weighted by Crippen LogP contribution is -2.29. The topological polar surface area (TPSA) is 87.7 Å². The van der Waals surface area contributed by atoms with Crippen molar-refractivity contribution in [1.29, 1.82) is 0 Å². The molecule has 35 heavy (non-hydrogen) atoms. The molecule has 1 atom stereocenters. The average Bonchev–Trinajstić information content (AvgIpc) is 3.24. The molecule has 0 saturated carbocycles. The second kappa shape index (κ2) is 11.3. The van der Waals surface area contributed by atoms with Crippen LogP contribution in [0, 0.1) is 5.92 Å². The first-order chi connectivity index (χ1) is 17.0. The molecule has 0 unspecified atom stereocenters. The van der Waals surface area contributed by atoms with Crippen LogP contribution in [0.15, 0.2) is 78.9 Å². The normalized spacial score (nSPS) is 15.1. The lowest BCUT2D eigenvalue weighted by molar-refractivity contribution is -0.128. The molecule has 1 heterocycles. The molecule has 0 aromatic heterocycles. The molecule has 1 fully saturated rings. The van der Waals surface area contributed by atoms with Crippen molar-refractivity contribution in [2.75, 3.05) is 18.5 Å². The van der Waals surface area contributed by atoms with Crippen molar-refractivity contribution in [2.45, 2.75) is 26.4 Å². The molecular weight excluding hydrogens is 442 g/mol. The van der Waals surface area contributed by atoms with E-state index >= 15 is 0 Å². The number of benzene rings is 3. The van der Waals surface area contributed by atoms with Gasteiger partial charge in [0.1, 0.15) is 5.75 Å². The first kappa shape index (κ1) is 24.0. The zero-order valence-electron chi connectivity index (χ0n) is 19.7. The molecule has 3 aromatic rings. The molecular formula is C28H29N3O4. The maximum absolute atomic E-state index is 13.0. The largest absolute Gasteiger partial charge is 0.494 e. The first-order valence-electron chi connectivity index (χ1n) is 11.7. The molecule has 7 nitrogen and oxygen atoms in total. The van der Waals surface area contributed by atoms with Crippen LogP contribution >= 0.6 is 0 Å². The maximum atomic E-state index is 13.0. The van der Waals surface area contributed by atoms with E-state index in [4.69, 9.17) is 4.74 Å². The van der Waals surface area contributed by atoms with Crippen LogP contribution in [0.4, 0.5) is 5.69 Å². The van der Waals surface area contributed by atoms with Gasteiger partial charge in [-0.15, -0.1) is 0 Å². The monoisotopic (exact) mass is 471 g/mol. The maximum Gasteiger partial charge on any atom is 0.253 e. The summed E-state index contributed by atoms with van der Waals surface area (Å²) in [6, 6.07) is 24.1. The minimum Gasteiger partial charge on any atom is -0.494 e. The molecule has 0 aliphatic carbocycles. The molecule has 0 radical (unpaired) electrons. The molecule has 1 aliphatic rings. The van der Waals surface area contributed by atoms with Crippen LogP contribution in [0.5, 0.6) is 5.75 Å². The van der Waals surface area contributed by atoms with Gasteiger partial charge in [-0.25, -0.2) is 0 Å². The van der Waals surface area contributed by atoms with Crippen molar-refractivity contribution >= 4 is 23.4 Å². The zero-order valence-corrected chi connectivity index (χ0v) is 19.7. The van der Waals surface area contributed by atoms with Crippen molar-refractivity contribution in [1.82, 2.24) is 10.2 Å². The number of nitrogens with zero attached hydrogens (tertiary/aromatic N) is 1. The van der Waals surface area contributed by atoms with Crippen LogP contribution in [0.1, 0.15) is 34.8 Å². The van der Waals surface area contributed by atoms with Gasteiger partial charge in [-0.05, 0) is 42.3 Å². The summed E-state index contributed by atoms with van der Waals surface area (Å²) in [6.07, 6.45) is 0.158. The highest BCUT2D eigenvalue weighted by Gasteiger charge is 2.34. The third-order valence-electron chi connectivity index (χ3n) is 5.92. The first-order valence-corrected chi connectivity index (χ1v) is 11.7. The number of anilines is 1. The van der Waals surface area contributed by atoms with Gasteiger partial charge in [0, 0.05) is 26.1 Å². The zero-order chi connectivity index (χ0) is 24.6. The van der Waals surface area contributed by atoms with E-state index in [1.54, 1.807) is 29.2 Å². The molecule has 1 saturated heterocycles. The Morgan fingerprint density at radius 3 is 2.40 bits per heavy atom. The standard InChI is InChI=1S/C28H29N3O4/c1-2-35-23-14-12-20(13-15-23)17-29-28(34)24-10-6-7-11-25(24)30-27(33)22-16-26(32)31(19-22)18-21-8-4-3-5-9-21/h3-15,22H,2,16-19H2,1H3,(H,29,34)(H,30,33)/t22-/m1/s1. The van der Waals surface area contributed by atoms with Gasteiger partial charge in [-0.2, -0.15) is 0 Å². The Morgan fingerprint density at radius 2 is 1.66 bits per heavy atom. The Balaban J connectivity index is 1.35. The van der Waals surface area contributed by atoms with E-state index in [2.05, 4.69) is 10.6 Å². The Labute approximate surface area is 205 Å². The third-order valence-corrected chi connectivity index (χ3v) is 5.92. The van der Waals surface area contributed by atoms with Gasteiger partial charge < -0.3 is 20.3 Å². The van der Waals surface area contributed by atoms with E-state index in [1.807, 2.05) is 61.5 Å². The van der Waals surface area contributed by atoms with Crippen molar-refractivity contribution < 1.29 is 19.1 Å². The molecule has 2 N–H and O–H groups in total. The van der Waals surface area contributed by atoms with Gasteiger partial charge >= 0.3 is 0 Å². The highest BCUT2D eigenvalue weighted by atomic mass is 16.5. The number of nitrogens with one attached hydrogen (secondary N) is 2. The Kier molecular flexibility index (Phi) is 7.77. The van der Waals surface area contributed by atoms with Gasteiger partial charge in [0.05, 0.1) is 23.8 Å². The number of rotatable bonds is 9. The Hall–Kier alpha value is -4.13. The second-order valence-electron chi connectivity index (χ2n) is 8.46. The predicted octanol–water partition coefficient (Wildman–Crippen LogP) is 4.00. The van der Waals surface area contributed by atoms with E-state index in [-0.39, 0.29) is 24.1 Å². The van der Waals surface area contributed by atoms with Crippen LogP contribution < -0.4 is 15.4 Å². The molecule has 1 aliphatic heterocycles. The van der Waals surface area contributed by atoms with E-state index in [9.17, 15) is 14.4 Å². The third kappa shape index (κ3) is 6.26. The smallest absolute Gasteiger partial charge is 0.253 e. The van der Waals surface area contributed by atoms with E-state index in [1.165, 1.54) is 0 Å². The fourth-order valence-electron chi connectivity index (χ4n) is 4.08. The number of carbonyl (C=O) groups excluding carboxylic acids is 3. The van der Waals surface area contributed by atoms with Crippen LogP contribution in [0.3, 0.4) is 0 Å². The number of amides is 3. The predicted molar refractivity (Wildman–Crippen MR) is 134 cm³/mol. The van der Waals surface area contributed by atoms with Crippen LogP contribution in [0.2, 0.25) is 0 Å². The van der Waals surface area contributed by atoms with E-state index in [0.717, 1.165) is 16.9 Å². The van der Waals surface area contributed by atoms with E-state index < -0.39 is 5.92 Å². The fraction of sp³-hybridized carbons (Fsp3) is 0.250. The molecule has 0 spiro atoms. The molecule has 0 bridgehead atoms. The van der Waals surface area contributed by atoms with Gasteiger partial charge in [-0.1, -0.05) is 54.6 Å². The van der Waals surface area contributed by atoms with Gasteiger partial charge in [0.25, 0.3) is 5.91 Å². The summed E-state index contributed by atoms with van der Waals surface area (Å²) < 4.78 is 5.44. The summed E-state index contributed by atoms with van der Waals surface area (Å²) in [5.74, 6) is -0.284. The van der Waals surface area contributed by atoms with Crippen molar-refractivity contribution in [3.8, 4) is 5.75 Å². The quantitative estimate of drug-likeness (QED) is 0.494. The summed E-state index contributed by atoms with van der Waals surface area (Å²) in [7, 11) is 0. The molecule has 4 rings (SSSR count). The average molecular weight is 472 g/mol. The summed E-state index contributed by atoms with van der Waals surface area (Å²) in [5.41, 5.74) is 2.76. The van der Waals surface area contributed by atoms with Crippen LogP contribution in [-0.2, 0) is 22.7 Å². The highest BCUT2D eigenvalue weighted by molar-refractivity contribution is 6.05. The summed E-state index contributed by atoms with van der Waals surface area (Å²) in [4.78, 5) is 40.0. The fourth-order valence-corrected chi connectivity index (χ4v) is 4.08. The molecule has 7 heteroatoms. The van der Waals surface area contributed by atoms with Gasteiger partial charge in [-0.3, -0.25) is 14.4 Å². The minimum atomic E-state index is -0.466. The lowest BCUT2D eigenvalue weighted by atomic mass is 10.1. The number of hydrogen-bond donors (Lipinski definition) is 2. The van der Waals surface area contributed by atoms with E-state index in [0.29, 0.717) is 37.5 Å². The number of hydrogen-bond acceptors (Lipinski definition) is 4. The Morgan fingerprint density at radius 1 is 0.943 bits per heavy atom. The summed E-state index contributed by atoms with van der Waals surface area (Å²) in [5, 5.41) is 5.76. The van der Waals surface area contributed by atoms with Crippen molar-refractivity contribution in [2.24, 2.45) is 5.92 Å². The van der Waals surface area contributed by atoms with Crippen LogP contribution in [0.25, 0.3) is 0 Å². The molecule has 3 amide bonds. The lowest BCUT2D eigenvalue weighted by Gasteiger charge is -2.17. The molecule has 180 valence electrons. The highest BCUT2D eigenvalue weighted by Crippen LogP contribution is 2.23. The number of para-hydroxylation sites is 1. The number of carbonyl (C=O) groups is 3. The summed E-state index contributed by atoms with van der Waals surface area (Å²) in [6.45, 7) is 3.70. The van der Waals surface area contributed by atoms with Crippen molar-refractivity contribution in [3.63, 3.8) is 0 Å². The van der Waals surface area contributed by atoms with Crippen molar-refractivity contribution in [3.05, 3.63) is 95.6 Å². The van der Waals surface area contributed by atoms with Gasteiger partial charge in [0.2, 0.25) is 11.8 Å². The SMILES string of the molecule is CCOc1ccc(CNC(=O)c2ccccc2NC(=O)[C@@H]2CC(=O)N(Cc3ccccc3)C2)cc1. The Bertz CT molecular complexity index is 1180. The minimum absolute atomic E-state index is 0.0459. The number of ether oxygens (including phenoxy) is 1. The summed E-state index contributed by atoms with van der Waals surface area (Å²) >= 11 is 0. The number of likely N-dealkylation sites (tertiary alicyclic amines) is 1. The molecule has 3 aromatic carbocycles. The van der Waals surface area contributed by atoms with Gasteiger partial charge in [0.15, 0.2) is 0 Å². The van der Waals surface area contributed by atoms with Crippen LogP contribution in [-0.4, -0.2) is 35.8 Å². The second-order valence-corrected chi connectivity index (χ2v) is 8.46.